The number of carbonyl (C=O) groups excluding carboxylic acids is 1. The number of phenols is 1. The lowest BCUT2D eigenvalue weighted by Gasteiger charge is -2.18. The molecule has 0 spiro atoms. The average molecular weight is 353 g/mol. The Morgan fingerprint density at radius 2 is 1.92 bits per heavy atom. The van der Waals surface area contributed by atoms with Gasteiger partial charge in [0.05, 0.1) is 24.1 Å². The molecule has 1 aromatic heterocycles. The number of pyridine rings is 1. The smallest absolute Gasteiger partial charge is 0.306 e. The van der Waals surface area contributed by atoms with Crippen molar-refractivity contribution in [3.8, 4) is 11.5 Å². The number of aromatic nitrogens is 1. The standard InChI is InChI=1S/C20H19NO5/c1-2-26-17(23)11-15(12-6-5-7-13(22)10-12)18-19(24)14-8-3-4-9-16(14)21-20(18)25/h3-10,15,22H,2,11H2,1H3,(H2,21,24,25)/t15-/m0/s1. The molecular formula is C20H19NO5. The van der Waals surface area contributed by atoms with E-state index in [0.717, 1.165) is 0 Å². The van der Waals surface area contributed by atoms with Gasteiger partial charge in [-0.05, 0) is 36.8 Å². The van der Waals surface area contributed by atoms with Gasteiger partial charge in [-0.25, -0.2) is 0 Å². The molecule has 0 unspecified atom stereocenters. The van der Waals surface area contributed by atoms with Crippen LogP contribution in [-0.2, 0) is 9.53 Å². The van der Waals surface area contributed by atoms with Crippen LogP contribution in [0.2, 0.25) is 0 Å². The van der Waals surface area contributed by atoms with E-state index in [1.165, 1.54) is 12.1 Å². The summed E-state index contributed by atoms with van der Waals surface area (Å²) >= 11 is 0. The SMILES string of the molecule is CCOC(=O)C[C@@H](c1cccc(O)c1)c1c(O)c2ccccc2[nH]c1=O. The predicted molar refractivity (Wildman–Crippen MR) is 97.4 cm³/mol. The number of para-hydroxylation sites is 1. The third kappa shape index (κ3) is 3.39. The predicted octanol–water partition coefficient (Wildman–Crippen LogP) is 3.02. The number of hydrogen-bond acceptors (Lipinski definition) is 5. The maximum absolute atomic E-state index is 12.7. The van der Waals surface area contributed by atoms with Gasteiger partial charge < -0.3 is 19.9 Å². The number of H-pyrrole nitrogens is 1. The Bertz CT molecular complexity index is 1010. The van der Waals surface area contributed by atoms with E-state index in [0.29, 0.717) is 16.5 Å². The Balaban J connectivity index is 2.20. The molecule has 0 bridgehead atoms. The van der Waals surface area contributed by atoms with Crippen molar-refractivity contribution in [2.75, 3.05) is 6.61 Å². The molecule has 0 amide bonds. The van der Waals surface area contributed by atoms with Gasteiger partial charge >= 0.3 is 5.97 Å². The molecule has 6 nitrogen and oxygen atoms in total. The molecule has 1 atom stereocenters. The average Bonchev–Trinajstić information content (AvgIpc) is 2.61. The zero-order valence-corrected chi connectivity index (χ0v) is 14.2. The molecule has 2 aromatic carbocycles. The second-order valence-corrected chi connectivity index (χ2v) is 5.92. The molecule has 0 saturated heterocycles. The van der Waals surface area contributed by atoms with Gasteiger partial charge in [0.2, 0.25) is 0 Å². The highest BCUT2D eigenvalue weighted by molar-refractivity contribution is 5.86. The van der Waals surface area contributed by atoms with Crippen LogP contribution in [0.1, 0.15) is 30.4 Å². The number of phenolic OH excluding ortho intramolecular Hbond substituents is 1. The number of fused-ring (bicyclic) bond motifs is 1. The number of rotatable bonds is 5. The van der Waals surface area contributed by atoms with Crippen molar-refractivity contribution < 1.29 is 19.7 Å². The molecule has 0 fully saturated rings. The van der Waals surface area contributed by atoms with Crippen LogP contribution in [0.3, 0.4) is 0 Å². The van der Waals surface area contributed by atoms with Gasteiger partial charge in [-0.2, -0.15) is 0 Å². The third-order valence-electron chi connectivity index (χ3n) is 4.23. The van der Waals surface area contributed by atoms with Crippen LogP contribution >= 0.6 is 0 Å². The highest BCUT2D eigenvalue weighted by Crippen LogP contribution is 2.36. The monoisotopic (exact) mass is 353 g/mol. The number of aromatic amines is 1. The van der Waals surface area contributed by atoms with Gasteiger partial charge in [-0.1, -0.05) is 24.3 Å². The Kier molecular flexibility index (Phi) is 4.93. The van der Waals surface area contributed by atoms with E-state index in [1.54, 1.807) is 43.3 Å². The minimum absolute atomic E-state index is 0.00747. The number of hydrogen-bond donors (Lipinski definition) is 3. The molecule has 26 heavy (non-hydrogen) atoms. The van der Waals surface area contributed by atoms with Crippen molar-refractivity contribution in [3.05, 3.63) is 70.0 Å². The third-order valence-corrected chi connectivity index (χ3v) is 4.23. The maximum atomic E-state index is 12.7. The summed E-state index contributed by atoms with van der Waals surface area (Å²) < 4.78 is 5.02. The van der Waals surface area contributed by atoms with Gasteiger partial charge in [0.15, 0.2) is 0 Å². The fourth-order valence-corrected chi connectivity index (χ4v) is 3.08. The molecule has 0 saturated carbocycles. The minimum Gasteiger partial charge on any atom is -0.508 e. The Morgan fingerprint density at radius 3 is 2.65 bits per heavy atom. The van der Waals surface area contributed by atoms with Crippen LogP contribution in [0.5, 0.6) is 11.5 Å². The summed E-state index contributed by atoms with van der Waals surface area (Å²) in [5.41, 5.74) is 0.625. The topological polar surface area (TPSA) is 99.6 Å². The summed E-state index contributed by atoms with van der Waals surface area (Å²) in [5, 5.41) is 21.0. The van der Waals surface area contributed by atoms with Crippen LogP contribution in [0, 0.1) is 0 Å². The van der Waals surface area contributed by atoms with E-state index in [4.69, 9.17) is 4.74 Å². The zero-order chi connectivity index (χ0) is 18.7. The van der Waals surface area contributed by atoms with E-state index in [9.17, 15) is 19.8 Å². The molecular weight excluding hydrogens is 334 g/mol. The minimum atomic E-state index is -0.755. The van der Waals surface area contributed by atoms with E-state index in [2.05, 4.69) is 4.98 Å². The molecule has 3 rings (SSSR count). The summed E-state index contributed by atoms with van der Waals surface area (Å²) in [6.45, 7) is 1.91. The number of esters is 1. The number of benzene rings is 2. The van der Waals surface area contributed by atoms with Gasteiger partial charge in [0.25, 0.3) is 5.56 Å². The second kappa shape index (κ2) is 7.31. The molecule has 3 N–H and O–H groups in total. The molecule has 0 aliphatic carbocycles. The molecule has 0 aliphatic heterocycles. The molecule has 0 radical (unpaired) electrons. The lowest BCUT2D eigenvalue weighted by atomic mass is 9.87. The lowest BCUT2D eigenvalue weighted by Crippen LogP contribution is -2.20. The lowest BCUT2D eigenvalue weighted by molar-refractivity contribution is -0.143. The van der Waals surface area contributed by atoms with E-state index in [1.807, 2.05) is 0 Å². The first-order chi connectivity index (χ1) is 12.5. The van der Waals surface area contributed by atoms with Crippen molar-refractivity contribution in [3.63, 3.8) is 0 Å². The molecule has 1 heterocycles. The number of nitrogens with one attached hydrogen (secondary N) is 1. The summed E-state index contributed by atoms with van der Waals surface area (Å²) in [6.07, 6.45) is -0.133. The van der Waals surface area contributed by atoms with Crippen molar-refractivity contribution in [2.45, 2.75) is 19.3 Å². The van der Waals surface area contributed by atoms with E-state index < -0.39 is 17.4 Å². The van der Waals surface area contributed by atoms with Gasteiger partial charge in [0.1, 0.15) is 11.5 Å². The Morgan fingerprint density at radius 1 is 1.15 bits per heavy atom. The highest BCUT2D eigenvalue weighted by atomic mass is 16.5. The largest absolute Gasteiger partial charge is 0.508 e. The molecule has 134 valence electrons. The summed E-state index contributed by atoms with van der Waals surface area (Å²) in [6, 6.07) is 13.2. The molecule has 6 heteroatoms. The van der Waals surface area contributed by atoms with Crippen molar-refractivity contribution in [1.29, 1.82) is 0 Å². The molecule has 3 aromatic rings. The van der Waals surface area contributed by atoms with Crippen molar-refractivity contribution in [1.82, 2.24) is 4.98 Å². The van der Waals surface area contributed by atoms with Crippen molar-refractivity contribution >= 4 is 16.9 Å². The first kappa shape index (κ1) is 17.5. The summed E-state index contributed by atoms with van der Waals surface area (Å²) in [7, 11) is 0. The molecule has 0 aliphatic rings. The summed E-state index contributed by atoms with van der Waals surface area (Å²) in [5.74, 6) is -1.42. The quantitative estimate of drug-likeness (QED) is 0.612. The zero-order valence-electron chi connectivity index (χ0n) is 14.2. The van der Waals surface area contributed by atoms with Crippen LogP contribution in [-0.4, -0.2) is 27.8 Å². The van der Waals surface area contributed by atoms with Gasteiger partial charge in [0, 0.05) is 11.3 Å². The van der Waals surface area contributed by atoms with Crippen LogP contribution in [0.15, 0.2) is 53.3 Å². The number of carbonyl (C=O) groups is 1. The second-order valence-electron chi connectivity index (χ2n) is 5.92. The Hall–Kier alpha value is -3.28. The Labute approximate surface area is 149 Å². The number of aromatic hydroxyl groups is 2. The summed E-state index contributed by atoms with van der Waals surface area (Å²) in [4.78, 5) is 27.5. The fraction of sp³-hybridized carbons (Fsp3) is 0.200. The van der Waals surface area contributed by atoms with Crippen LogP contribution in [0.4, 0.5) is 0 Å². The van der Waals surface area contributed by atoms with Crippen LogP contribution < -0.4 is 5.56 Å². The van der Waals surface area contributed by atoms with E-state index in [-0.39, 0.29) is 30.1 Å². The van der Waals surface area contributed by atoms with Gasteiger partial charge in [-0.15, -0.1) is 0 Å². The van der Waals surface area contributed by atoms with E-state index >= 15 is 0 Å². The van der Waals surface area contributed by atoms with Gasteiger partial charge in [-0.3, -0.25) is 9.59 Å². The first-order valence-electron chi connectivity index (χ1n) is 8.29. The van der Waals surface area contributed by atoms with Crippen LogP contribution in [0.25, 0.3) is 10.9 Å². The fourth-order valence-electron chi connectivity index (χ4n) is 3.08. The number of ether oxygens (including phenoxy) is 1. The van der Waals surface area contributed by atoms with Crippen molar-refractivity contribution in [2.24, 2.45) is 0 Å². The maximum Gasteiger partial charge on any atom is 0.306 e. The highest BCUT2D eigenvalue weighted by Gasteiger charge is 2.26. The first-order valence-corrected chi connectivity index (χ1v) is 8.29. The normalized spacial score (nSPS) is 12.0.